The van der Waals surface area contributed by atoms with Crippen molar-refractivity contribution in [1.82, 2.24) is 10.6 Å². The fourth-order valence-corrected chi connectivity index (χ4v) is 3.53. The molecular formula is C22H36N2O7Si. The molecule has 0 bridgehead atoms. The molecule has 1 rings (SSSR count). The van der Waals surface area contributed by atoms with Crippen molar-refractivity contribution in [1.29, 1.82) is 0 Å². The zero-order valence-corrected chi connectivity index (χ0v) is 20.7. The van der Waals surface area contributed by atoms with Gasteiger partial charge in [0.15, 0.2) is 8.32 Å². The molecule has 0 radical (unpaired) electrons. The van der Waals surface area contributed by atoms with Gasteiger partial charge < -0.3 is 30.0 Å². The number of carboxylic acid groups (broad SMARTS) is 1. The van der Waals surface area contributed by atoms with Gasteiger partial charge in [0.05, 0.1) is 6.10 Å². The highest BCUT2D eigenvalue weighted by Crippen LogP contribution is 2.36. The summed E-state index contributed by atoms with van der Waals surface area (Å²) in [6.45, 7) is 11.8. The summed E-state index contributed by atoms with van der Waals surface area (Å²) < 4.78 is 11.1. The fourth-order valence-electron chi connectivity index (χ4n) is 2.46. The van der Waals surface area contributed by atoms with Crippen LogP contribution in [0.5, 0.6) is 0 Å². The zero-order chi connectivity index (χ0) is 24.5. The van der Waals surface area contributed by atoms with Crippen LogP contribution in [0.3, 0.4) is 0 Å². The molecule has 2 amide bonds. The first-order chi connectivity index (χ1) is 14.7. The van der Waals surface area contributed by atoms with Gasteiger partial charge in [0.2, 0.25) is 5.91 Å². The van der Waals surface area contributed by atoms with Crippen LogP contribution in [0.15, 0.2) is 30.3 Å². The maximum atomic E-state index is 12.6. The van der Waals surface area contributed by atoms with Crippen molar-refractivity contribution in [2.75, 3.05) is 6.61 Å². The Morgan fingerprint density at radius 2 is 1.69 bits per heavy atom. The Morgan fingerprint density at radius 1 is 1.09 bits per heavy atom. The standard InChI is InChI=1S/C22H36N2O7Si/c1-15(25)18(24-21(29)30-14-16-10-8-7-9-11-16)19(26)23-17(20(27)28)12-13-31-32(5,6)22(2,3)4/h7-11,15,17-18,25H,12-14H2,1-6H3,(H,23,26)(H,24,29)(H,27,28)/t15-,17-,18+/m1/s1. The highest BCUT2D eigenvalue weighted by atomic mass is 28.4. The maximum Gasteiger partial charge on any atom is 0.408 e. The number of aliphatic hydroxyl groups is 1. The van der Waals surface area contributed by atoms with Crippen LogP contribution in [0.2, 0.25) is 18.1 Å². The Labute approximate surface area is 190 Å². The summed E-state index contributed by atoms with van der Waals surface area (Å²) in [6.07, 6.45) is -2.11. The van der Waals surface area contributed by atoms with E-state index in [9.17, 15) is 24.6 Å². The lowest BCUT2D eigenvalue weighted by Gasteiger charge is -2.36. The quantitative estimate of drug-likeness (QED) is 0.367. The van der Waals surface area contributed by atoms with E-state index < -0.39 is 44.5 Å². The second kappa shape index (κ2) is 12.0. The number of rotatable bonds is 11. The SMILES string of the molecule is C[C@@H](O)[C@H](NC(=O)OCc1ccccc1)C(=O)N[C@H](CCO[Si](C)(C)C(C)(C)C)C(=O)O. The largest absolute Gasteiger partial charge is 0.480 e. The normalized spacial score (nSPS) is 14.7. The molecular weight excluding hydrogens is 432 g/mol. The summed E-state index contributed by atoms with van der Waals surface area (Å²) in [6, 6.07) is 6.36. The summed E-state index contributed by atoms with van der Waals surface area (Å²) in [4.78, 5) is 36.3. The van der Waals surface area contributed by atoms with Crippen molar-refractivity contribution < 1.29 is 33.8 Å². The van der Waals surface area contributed by atoms with E-state index in [0.717, 1.165) is 5.56 Å². The minimum Gasteiger partial charge on any atom is -0.480 e. The van der Waals surface area contributed by atoms with Crippen molar-refractivity contribution in [3.63, 3.8) is 0 Å². The number of aliphatic hydroxyl groups excluding tert-OH is 1. The Kier molecular flexibility index (Phi) is 10.3. The molecule has 0 spiro atoms. The van der Waals surface area contributed by atoms with Gasteiger partial charge >= 0.3 is 12.1 Å². The molecule has 32 heavy (non-hydrogen) atoms. The van der Waals surface area contributed by atoms with Gasteiger partial charge in [-0.3, -0.25) is 4.79 Å². The third kappa shape index (κ3) is 8.97. The summed E-state index contributed by atoms with van der Waals surface area (Å²) in [5.74, 6) is -2.05. The van der Waals surface area contributed by atoms with E-state index in [1.165, 1.54) is 6.92 Å². The van der Waals surface area contributed by atoms with Crippen LogP contribution in [0.4, 0.5) is 4.79 Å². The predicted molar refractivity (Wildman–Crippen MR) is 123 cm³/mol. The second-order valence-electron chi connectivity index (χ2n) is 9.22. The number of benzene rings is 1. The van der Waals surface area contributed by atoms with Gasteiger partial charge in [-0.15, -0.1) is 0 Å². The summed E-state index contributed by atoms with van der Waals surface area (Å²) in [5.41, 5.74) is 0.758. The molecule has 1 aromatic rings. The number of nitrogens with one attached hydrogen (secondary N) is 2. The number of alkyl carbamates (subject to hydrolysis) is 1. The van der Waals surface area contributed by atoms with Crippen molar-refractivity contribution in [3.05, 3.63) is 35.9 Å². The number of amides is 2. The number of carbonyl (C=O) groups excluding carboxylic acids is 2. The van der Waals surface area contributed by atoms with Crippen molar-refractivity contribution >= 4 is 26.3 Å². The first-order valence-electron chi connectivity index (χ1n) is 10.6. The van der Waals surface area contributed by atoms with Gasteiger partial charge in [-0.1, -0.05) is 51.1 Å². The van der Waals surface area contributed by atoms with Crippen LogP contribution >= 0.6 is 0 Å². The molecule has 3 atom stereocenters. The molecule has 0 aliphatic rings. The van der Waals surface area contributed by atoms with Crippen LogP contribution in [-0.4, -0.2) is 61.3 Å². The second-order valence-corrected chi connectivity index (χ2v) is 14.0. The minimum absolute atomic E-state index is 0.0106. The lowest BCUT2D eigenvalue weighted by molar-refractivity contribution is -0.143. The van der Waals surface area contributed by atoms with Crippen LogP contribution in [0.1, 0.15) is 39.7 Å². The summed E-state index contributed by atoms with van der Waals surface area (Å²) in [5, 5.41) is 24.1. The Hall–Kier alpha value is -2.43. The van der Waals surface area contributed by atoms with Gasteiger partial charge in [0.25, 0.3) is 0 Å². The molecule has 0 aliphatic carbocycles. The Balaban J connectivity index is 2.66. The van der Waals surface area contributed by atoms with Gasteiger partial charge in [0, 0.05) is 13.0 Å². The Morgan fingerprint density at radius 3 is 2.19 bits per heavy atom. The topological polar surface area (TPSA) is 134 Å². The smallest absolute Gasteiger partial charge is 0.408 e. The number of hydrogen-bond donors (Lipinski definition) is 4. The van der Waals surface area contributed by atoms with Gasteiger partial charge in [-0.05, 0) is 30.6 Å². The first-order valence-corrected chi connectivity index (χ1v) is 13.5. The van der Waals surface area contributed by atoms with E-state index in [-0.39, 0.29) is 24.7 Å². The van der Waals surface area contributed by atoms with E-state index in [4.69, 9.17) is 9.16 Å². The van der Waals surface area contributed by atoms with Gasteiger partial charge in [-0.25, -0.2) is 9.59 Å². The molecule has 0 aromatic heterocycles. The predicted octanol–water partition coefficient (Wildman–Crippen LogP) is 2.64. The fraction of sp³-hybridized carbons (Fsp3) is 0.591. The van der Waals surface area contributed by atoms with Crippen molar-refractivity contribution in [2.45, 2.75) is 77.0 Å². The minimum atomic E-state index is -2.06. The maximum absolute atomic E-state index is 12.6. The molecule has 0 fully saturated rings. The van der Waals surface area contributed by atoms with Crippen molar-refractivity contribution in [2.24, 2.45) is 0 Å². The molecule has 0 aliphatic heterocycles. The summed E-state index contributed by atoms with van der Waals surface area (Å²) in [7, 11) is -2.06. The van der Waals surface area contributed by atoms with Crippen molar-refractivity contribution in [3.8, 4) is 0 Å². The van der Waals surface area contributed by atoms with Crippen LogP contribution in [0.25, 0.3) is 0 Å². The molecule has 1 aromatic carbocycles. The third-order valence-electron chi connectivity index (χ3n) is 5.54. The van der Waals surface area contributed by atoms with Crippen LogP contribution in [0, 0.1) is 0 Å². The lowest BCUT2D eigenvalue weighted by Crippen LogP contribution is -2.56. The zero-order valence-electron chi connectivity index (χ0n) is 19.7. The molecule has 4 N–H and O–H groups in total. The summed E-state index contributed by atoms with van der Waals surface area (Å²) >= 11 is 0. The first kappa shape index (κ1) is 27.6. The lowest BCUT2D eigenvalue weighted by atomic mass is 10.1. The molecule has 0 heterocycles. The van der Waals surface area contributed by atoms with Crippen LogP contribution in [-0.2, 0) is 25.4 Å². The molecule has 180 valence electrons. The molecule has 10 heteroatoms. The van der Waals surface area contributed by atoms with E-state index in [0.29, 0.717) is 0 Å². The highest BCUT2D eigenvalue weighted by molar-refractivity contribution is 6.74. The molecule has 0 unspecified atom stereocenters. The number of ether oxygens (including phenoxy) is 1. The van der Waals surface area contributed by atoms with E-state index >= 15 is 0 Å². The van der Waals surface area contributed by atoms with E-state index in [1.807, 2.05) is 6.07 Å². The van der Waals surface area contributed by atoms with E-state index in [1.54, 1.807) is 24.3 Å². The monoisotopic (exact) mass is 468 g/mol. The van der Waals surface area contributed by atoms with E-state index in [2.05, 4.69) is 44.5 Å². The Bertz CT molecular complexity index is 763. The number of aliphatic carboxylic acids is 1. The highest BCUT2D eigenvalue weighted by Gasteiger charge is 2.37. The molecule has 0 saturated carbocycles. The van der Waals surface area contributed by atoms with Gasteiger partial charge in [0.1, 0.15) is 18.7 Å². The molecule has 9 nitrogen and oxygen atoms in total. The number of carbonyl (C=O) groups is 3. The number of hydrogen-bond acceptors (Lipinski definition) is 6. The number of carboxylic acids is 1. The molecule has 0 saturated heterocycles. The third-order valence-corrected chi connectivity index (χ3v) is 10.1. The van der Waals surface area contributed by atoms with Crippen LogP contribution < -0.4 is 10.6 Å². The van der Waals surface area contributed by atoms with Gasteiger partial charge in [-0.2, -0.15) is 0 Å². The average Bonchev–Trinajstić information content (AvgIpc) is 2.69. The average molecular weight is 469 g/mol.